The molecule has 0 aliphatic carbocycles. The molecule has 0 radical (unpaired) electrons. The third-order valence-electron chi connectivity index (χ3n) is 4.02. The fourth-order valence-electron chi connectivity index (χ4n) is 2.53. The first-order valence-electron chi connectivity index (χ1n) is 8.67. The Hall–Kier alpha value is -2.34. The van der Waals surface area contributed by atoms with Gasteiger partial charge >= 0.3 is 0 Å². The van der Waals surface area contributed by atoms with Gasteiger partial charge in [0.05, 0.1) is 4.90 Å². The van der Waals surface area contributed by atoms with Crippen LogP contribution in [0, 0.1) is 19.8 Å². The molecular formula is C20H26N2O3S. The standard InChI is InChI=1S/C20H26N2O3S/c1-14(2)10-11-21-20(23)17-9-8-16(4)19(13-17)26(24,25)22-18-7-5-6-15(3)12-18/h5-9,12-14,22H,10-11H2,1-4H3,(H,21,23). The number of carbonyl (C=O) groups excluding carboxylic acids is 1. The number of hydrogen-bond donors (Lipinski definition) is 2. The van der Waals surface area contributed by atoms with E-state index in [9.17, 15) is 13.2 Å². The highest BCUT2D eigenvalue weighted by molar-refractivity contribution is 7.92. The summed E-state index contributed by atoms with van der Waals surface area (Å²) in [5, 5.41) is 2.83. The van der Waals surface area contributed by atoms with E-state index < -0.39 is 10.0 Å². The summed E-state index contributed by atoms with van der Waals surface area (Å²) < 4.78 is 28.1. The van der Waals surface area contributed by atoms with Crippen molar-refractivity contribution in [2.45, 2.75) is 39.0 Å². The summed E-state index contributed by atoms with van der Waals surface area (Å²) in [6.45, 7) is 8.34. The quantitative estimate of drug-likeness (QED) is 0.772. The van der Waals surface area contributed by atoms with Crippen LogP contribution < -0.4 is 10.0 Å². The van der Waals surface area contributed by atoms with Crippen LogP contribution in [0.15, 0.2) is 47.4 Å². The third-order valence-corrected chi connectivity index (χ3v) is 5.54. The van der Waals surface area contributed by atoms with Gasteiger partial charge < -0.3 is 5.32 Å². The highest BCUT2D eigenvalue weighted by Gasteiger charge is 2.19. The molecule has 0 heterocycles. The van der Waals surface area contributed by atoms with Gasteiger partial charge in [-0.15, -0.1) is 0 Å². The number of anilines is 1. The van der Waals surface area contributed by atoms with E-state index in [4.69, 9.17) is 0 Å². The first-order valence-corrected chi connectivity index (χ1v) is 10.2. The maximum Gasteiger partial charge on any atom is 0.262 e. The van der Waals surface area contributed by atoms with Gasteiger partial charge in [-0.2, -0.15) is 0 Å². The Bertz CT molecular complexity index is 890. The topological polar surface area (TPSA) is 75.3 Å². The van der Waals surface area contributed by atoms with Gasteiger partial charge in [-0.3, -0.25) is 9.52 Å². The van der Waals surface area contributed by atoms with Crippen LogP contribution in [0.25, 0.3) is 0 Å². The van der Waals surface area contributed by atoms with Crippen molar-refractivity contribution in [1.29, 1.82) is 0 Å². The van der Waals surface area contributed by atoms with Gasteiger partial charge in [-0.1, -0.05) is 32.0 Å². The smallest absolute Gasteiger partial charge is 0.262 e. The number of hydrogen-bond acceptors (Lipinski definition) is 3. The fourth-order valence-corrected chi connectivity index (χ4v) is 3.85. The van der Waals surface area contributed by atoms with E-state index in [1.807, 2.05) is 13.0 Å². The summed E-state index contributed by atoms with van der Waals surface area (Å²) in [5.41, 5.74) is 2.38. The molecule has 0 bridgehead atoms. The summed E-state index contributed by atoms with van der Waals surface area (Å²) >= 11 is 0. The zero-order valence-corrected chi connectivity index (χ0v) is 16.5. The maximum absolute atomic E-state index is 12.8. The zero-order chi connectivity index (χ0) is 19.3. The van der Waals surface area contributed by atoms with Gasteiger partial charge in [0.15, 0.2) is 0 Å². The van der Waals surface area contributed by atoms with Crippen molar-refractivity contribution in [2.24, 2.45) is 5.92 Å². The van der Waals surface area contributed by atoms with E-state index in [2.05, 4.69) is 23.9 Å². The average Bonchev–Trinajstić information content (AvgIpc) is 2.54. The number of aryl methyl sites for hydroxylation is 2. The molecule has 0 aliphatic heterocycles. The van der Waals surface area contributed by atoms with E-state index in [1.165, 1.54) is 6.07 Å². The summed E-state index contributed by atoms with van der Waals surface area (Å²) in [6, 6.07) is 11.9. The van der Waals surface area contributed by atoms with Crippen LogP contribution in [0.4, 0.5) is 5.69 Å². The summed E-state index contributed by atoms with van der Waals surface area (Å²) in [4.78, 5) is 12.4. The molecule has 140 valence electrons. The van der Waals surface area contributed by atoms with Gasteiger partial charge in [0.25, 0.3) is 15.9 Å². The van der Waals surface area contributed by atoms with Crippen molar-refractivity contribution >= 4 is 21.6 Å². The van der Waals surface area contributed by atoms with E-state index in [0.717, 1.165) is 12.0 Å². The van der Waals surface area contributed by atoms with Gasteiger partial charge in [-0.25, -0.2) is 8.42 Å². The maximum atomic E-state index is 12.8. The highest BCUT2D eigenvalue weighted by Crippen LogP contribution is 2.21. The number of carbonyl (C=O) groups is 1. The van der Waals surface area contributed by atoms with E-state index >= 15 is 0 Å². The number of benzene rings is 2. The molecule has 0 atom stereocenters. The molecule has 2 aromatic carbocycles. The lowest BCUT2D eigenvalue weighted by Gasteiger charge is -2.13. The van der Waals surface area contributed by atoms with Crippen LogP contribution in [0.2, 0.25) is 0 Å². The molecule has 2 aromatic rings. The lowest BCUT2D eigenvalue weighted by Crippen LogP contribution is -2.26. The Labute approximate surface area is 155 Å². The molecule has 5 nitrogen and oxygen atoms in total. The van der Waals surface area contributed by atoms with Crippen molar-refractivity contribution in [3.8, 4) is 0 Å². The number of nitrogens with one attached hydrogen (secondary N) is 2. The molecule has 0 fully saturated rings. The van der Waals surface area contributed by atoms with E-state index in [1.54, 1.807) is 37.3 Å². The Morgan fingerprint density at radius 1 is 1.08 bits per heavy atom. The molecule has 1 amide bonds. The van der Waals surface area contributed by atoms with Crippen molar-refractivity contribution in [1.82, 2.24) is 5.32 Å². The predicted molar refractivity (Wildman–Crippen MR) is 105 cm³/mol. The molecular weight excluding hydrogens is 348 g/mol. The molecule has 2 N–H and O–H groups in total. The molecule has 0 aromatic heterocycles. The normalized spacial score (nSPS) is 11.4. The molecule has 6 heteroatoms. The molecule has 0 spiro atoms. The van der Waals surface area contributed by atoms with Crippen LogP contribution in [-0.2, 0) is 10.0 Å². The van der Waals surface area contributed by atoms with E-state index in [-0.39, 0.29) is 10.8 Å². The molecule has 0 saturated heterocycles. The Balaban J connectivity index is 2.24. The number of amides is 1. The van der Waals surface area contributed by atoms with Crippen LogP contribution in [0.1, 0.15) is 41.8 Å². The van der Waals surface area contributed by atoms with Crippen molar-refractivity contribution in [3.05, 3.63) is 59.2 Å². The average molecular weight is 375 g/mol. The van der Waals surface area contributed by atoms with Gasteiger partial charge in [0.1, 0.15) is 0 Å². The SMILES string of the molecule is Cc1cccc(NS(=O)(=O)c2cc(C(=O)NCCC(C)C)ccc2C)c1. The van der Waals surface area contributed by atoms with E-state index in [0.29, 0.717) is 29.3 Å². The predicted octanol–water partition coefficient (Wildman–Crippen LogP) is 3.88. The van der Waals surface area contributed by atoms with Crippen LogP contribution >= 0.6 is 0 Å². The first kappa shape index (κ1) is 20.0. The minimum atomic E-state index is -3.78. The Kier molecular flexibility index (Phi) is 6.42. The molecule has 0 unspecified atom stereocenters. The van der Waals surface area contributed by atoms with Crippen molar-refractivity contribution < 1.29 is 13.2 Å². The molecule has 2 rings (SSSR count). The molecule has 0 aliphatic rings. The monoisotopic (exact) mass is 374 g/mol. The number of rotatable bonds is 7. The van der Waals surface area contributed by atoms with Crippen LogP contribution in [-0.4, -0.2) is 20.9 Å². The Morgan fingerprint density at radius 3 is 2.46 bits per heavy atom. The fraction of sp³-hybridized carbons (Fsp3) is 0.350. The second kappa shape index (κ2) is 8.36. The number of sulfonamides is 1. The second-order valence-corrected chi connectivity index (χ2v) is 8.54. The lowest BCUT2D eigenvalue weighted by atomic mass is 10.1. The largest absolute Gasteiger partial charge is 0.352 e. The minimum Gasteiger partial charge on any atom is -0.352 e. The van der Waals surface area contributed by atoms with Gasteiger partial charge in [0.2, 0.25) is 0 Å². The summed E-state index contributed by atoms with van der Waals surface area (Å²) in [5.74, 6) is 0.223. The highest BCUT2D eigenvalue weighted by atomic mass is 32.2. The van der Waals surface area contributed by atoms with Crippen molar-refractivity contribution in [3.63, 3.8) is 0 Å². The Morgan fingerprint density at radius 2 is 1.81 bits per heavy atom. The van der Waals surface area contributed by atoms with Crippen LogP contribution in [0.3, 0.4) is 0 Å². The van der Waals surface area contributed by atoms with Gasteiger partial charge in [0, 0.05) is 17.8 Å². The summed E-state index contributed by atoms with van der Waals surface area (Å²) in [6.07, 6.45) is 0.873. The third kappa shape index (κ3) is 5.33. The van der Waals surface area contributed by atoms with Crippen LogP contribution in [0.5, 0.6) is 0 Å². The second-order valence-electron chi connectivity index (χ2n) is 6.89. The zero-order valence-electron chi connectivity index (χ0n) is 15.7. The molecule has 26 heavy (non-hydrogen) atoms. The van der Waals surface area contributed by atoms with Crippen molar-refractivity contribution in [2.75, 3.05) is 11.3 Å². The molecule has 0 saturated carbocycles. The van der Waals surface area contributed by atoms with Gasteiger partial charge in [-0.05, 0) is 61.6 Å². The first-order chi connectivity index (χ1) is 12.2. The minimum absolute atomic E-state index is 0.107. The summed E-state index contributed by atoms with van der Waals surface area (Å²) in [7, 11) is -3.78. The lowest BCUT2D eigenvalue weighted by molar-refractivity contribution is 0.0952.